The molecule has 4 aromatic rings. The molecule has 2 aromatic heterocycles. The normalized spacial score (nSPS) is 10.5. The van der Waals surface area contributed by atoms with Crippen LogP contribution in [0, 0.1) is 6.92 Å². The Kier molecular flexibility index (Phi) is 6.87. The fourth-order valence-corrected chi connectivity index (χ4v) is 3.50. The van der Waals surface area contributed by atoms with Crippen molar-refractivity contribution in [3.8, 4) is 17.2 Å². The zero-order valence-corrected chi connectivity index (χ0v) is 18.7. The van der Waals surface area contributed by atoms with Gasteiger partial charge in [0.2, 0.25) is 5.75 Å². The highest BCUT2D eigenvalue weighted by Crippen LogP contribution is 2.41. The fraction of sp³-hybridized carbons (Fsp3) is 0.217. The van der Waals surface area contributed by atoms with Crippen LogP contribution in [0.5, 0.6) is 17.2 Å². The van der Waals surface area contributed by atoms with E-state index < -0.39 is 0 Å². The van der Waals surface area contributed by atoms with Gasteiger partial charge in [0.1, 0.15) is 11.3 Å². The van der Waals surface area contributed by atoms with Crippen LogP contribution >= 0.6 is 12.4 Å². The molecule has 0 unspecified atom stereocenters. The van der Waals surface area contributed by atoms with E-state index in [1.54, 1.807) is 21.3 Å². The minimum atomic E-state index is 0. The second-order valence-corrected chi connectivity index (χ2v) is 6.86. The molecular weight excluding hydrogens is 416 g/mol. The Morgan fingerprint density at radius 3 is 2.23 bits per heavy atom. The first-order valence-corrected chi connectivity index (χ1v) is 9.58. The molecule has 0 aliphatic heterocycles. The zero-order chi connectivity index (χ0) is 21.1. The van der Waals surface area contributed by atoms with Crippen LogP contribution in [-0.4, -0.2) is 36.3 Å². The number of benzene rings is 2. The molecule has 7 nitrogen and oxygen atoms in total. The number of H-pyrrole nitrogens is 1. The molecule has 0 amide bonds. The Bertz CT molecular complexity index is 1150. The number of anilines is 2. The molecule has 0 saturated heterocycles. The molecule has 0 aliphatic rings. The summed E-state index contributed by atoms with van der Waals surface area (Å²) in [6.45, 7) is 1.89. The molecule has 0 atom stereocenters. The van der Waals surface area contributed by atoms with Gasteiger partial charge in [-0.2, -0.15) is 0 Å². The number of halogens is 1. The maximum atomic E-state index is 5.45. The van der Waals surface area contributed by atoms with Crippen LogP contribution in [0.3, 0.4) is 0 Å². The maximum Gasteiger partial charge on any atom is 0.203 e. The number of hydrogen-bond acceptors (Lipinski definition) is 6. The fourth-order valence-electron chi connectivity index (χ4n) is 3.50. The average Bonchev–Trinajstić information content (AvgIpc) is 3.16. The summed E-state index contributed by atoms with van der Waals surface area (Å²) in [5.74, 6) is 3.05. The Hall–Kier alpha value is -3.45. The third kappa shape index (κ3) is 4.51. The Morgan fingerprint density at radius 2 is 1.61 bits per heavy atom. The van der Waals surface area contributed by atoms with Gasteiger partial charge in [-0.05, 0) is 12.5 Å². The summed E-state index contributed by atoms with van der Waals surface area (Å²) >= 11 is 0. The van der Waals surface area contributed by atoms with Gasteiger partial charge in [-0.25, -0.2) is 9.97 Å². The lowest BCUT2D eigenvalue weighted by Gasteiger charge is -2.15. The predicted molar refractivity (Wildman–Crippen MR) is 125 cm³/mol. The molecule has 0 bridgehead atoms. The van der Waals surface area contributed by atoms with Crippen molar-refractivity contribution in [3.63, 3.8) is 0 Å². The third-order valence-electron chi connectivity index (χ3n) is 4.88. The molecule has 0 fully saturated rings. The maximum absolute atomic E-state index is 5.45. The molecule has 0 radical (unpaired) electrons. The van der Waals surface area contributed by atoms with Crippen molar-refractivity contribution >= 4 is 34.9 Å². The van der Waals surface area contributed by atoms with Gasteiger partial charge in [0, 0.05) is 36.0 Å². The van der Waals surface area contributed by atoms with E-state index in [1.807, 2.05) is 43.5 Å². The Labute approximate surface area is 187 Å². The first-order chi connectivity index (χ1) is 14.6. The van der Waals surface area contributed by atoms with Crippen molar-refractivity contribution < 1.29 is 14.2 Å². The van der Waals surface area contributed by atoms with Gasteiger partial charge in [0.25, 0.3) is 0 Å². The molecule has 0 spiro atoms. The number of fused-ring (bicyclic) bond motifs is 1. The number of methoxy groups -OCH3 is 3. The highest BCUT2D eigenvalue weighted by molar-refractivity contribution is 5.90. The molecule has 8 heteroatoms. The van der Waals surface area contributed by atoms with E-state index in [-0.39, 0.29) is 12.4 Å². The van der Waals surface area contributed by atoms with Crippen LogP contribution in [0.2, 0.25) is 0 Å². The number of aromatic amines is 1. The first-order valence-electron chi connectivity index (χ1n) is 9.58. The second-order valence-electron chi connectivity index (χ2n) is 6.86. The van der Waals surface area contributed by atoms with Gasteiger partial charge in [0.15, 0.2) is 17.3 Å². The summed E-state index contributed by atoms with van der Waals surface area (Å²) in [7, 11) is 4.77. The van der Waals surface area contributed by atoms with Gasteiger partial charge < -0.3 is 24.5 Å². The lowest BCUT2D eigenvalue weighted by atomic mass is 10.1. The summed E-state index contributed by atoms with van der Waals surface area (Å²) in [5.41, 5.74) is 4.87. The van der Waals surface area contributed by atoms with Crippen LogP contribution in [-0.2, 0) is 6.42 Å². The summed E-state index contributed by atoms with van der Waals surface area (Å²) < 4.78 is 16.3. The standard InChI is InChI=1S/C23H24N4O3.ClH/c1-14-25-20-16(10-15-8-6-5-7-9-15)13-24-21(20)23(26-14)27-17-11-18(28-2)22(30-4)19(12-17)29-3;/h5-9,11-13,24H,10H2,1-4H3,(H,25,26,27);1H. The van der Waals surface area contributed by atoms with Gasteiger partial charge in [-0.3, -0.25) is 0 Å². The number of nitrogens with zero attached hydrogens (tertiary/aromatic N) is 2. The number of aryl methyl sites for hydroxylation is 1. The van der Waals surface area contributed by atoms with Crippen LogP contribution < -0.4 is 19.5 Å². The van der Waals surface area contributed by atoms with E-state index in [0.717, 1.165) is 28.7 Å². The van der Waals surface area contributed by atoms with Crippen molar-refractivity contribution in [2.24, 2.45) is 0 Å². The summed E-state index contributed by atoms with van der Waals surface area (Å²) in [4.78, 5) is 12.6. The quantitative estimate of drug-likeness (QED) is 0.418. The monoisotopic (exact) mass is 440 g/mol. The van der Waals surface area contributed by atoms with Gasteiger partial charge in [-0.1, -0.05) is 30.3 Å². The number of aromatic nitrogens is 3. The first kappa shape index (κ1) is 22.2. The highest BCUT2D eigenvalue weighted by atomic mass is 35.5. The van der Waals surface area contributed by atoms with Crippen LogP contribution in [0.25, 0.3) is 11.0 Å². The van der Waals surface area contributed by atoms with Crippen LogP contribution in [0.15, 0.2) is 48.7 Å². The average molecular weight is 441 g/mol. The van der Waals surface area contributed by atoms with Gasteiger partial charge in [0.05, 0.1) is 26.8 Å². The van der Waals surface area contributed by atoms with Gasteiger partial charge >= 0.3 is 0 Å². The van der Waals surface area contributed by atoms with Crippen molar-refractivity contribution in [2.75, 3.05) is 26.6 Å². The summed E-state index contributed by atoms with van der Waals surface area (Å²) in [6, 6.07) is 14.0. The van der Waals surface area contributed by atoms with Crippen molar-refractivity contribution in [3.05, 3.63) is 65.6 Å². The molecule has 2 N–H and O–H groups in total. The molecule has 2 aromatic carbocycles. The Morgan fingerprint density at radius 1 is 0.935 bits per heavy atom. The minimum absolute atomic E-state index is 0. The lowest BCUT2D eigenvalue weighted by Crippen LogP contribution is -2.01. The molecule has 2 heterocycles. The molecule has 4 rings (SSSR count). The predicted octanol–water partition coefficient (Wildman–Crippen LogP) is 5.05. The minimum Gasteiger partial charge on any atom is -0.493 e. The highest BCUT2D eigenvalue weighted by Gasteiger charge is 2.16. The molecule has 0 saturated carbocycles. The number of nitrogens with one attached hydrogen (secondary N) is 2. The topological polar surface area (TPSA) is 81.3 Å². The zero-order valence-electron chi connectivity index (χ0n) is 17.9. The molecule has 0 aliphatic carbocycles. The van der Waals surface area contributed by atoms with Crippen molar-refractivity contribution in [1.82, 2.24) is 15.0 Å². The van der Waals surface area contributed by atoms with E-state index in [4.69, 9.17) is 14.2 Å². The molecule has 31 heavy (non-hydrogen) atoms. The third-order valence-corrected chi connectivity index (χ3v) is 4.88. The smallest absolute Gasteiger partial charge is 0.203 e. The summed E-state index contributed by atoms with van der Waals surface area (Å²) in [5, 5.41) is 3.37. The second kappa shape index (κ2) is 9.57. The van der Waals surface area contributed by atoms with E-state index in [2.05, 4.69) is 32.4 Å². The SMILES string of the molecule is COc1cc(Nc2nc(C)nc3c(Cc4ccccc4)c[nH]c23)cc(OC)c1OC.Cl. The van der Waals surface area contributed by atoms with E-state index in [9.17, 15) is 0 Å². The van der Waals surface area contributed by atoms with E-state index >= 15 is 0 Å². The number of hydrogen-bond donors (Lipinski definition) is 2. The Balaban J connectivity index is 0.00000272. The van der Waals surface area contributed by atoms with Crippen LogP contribution in [0.1, 0.15) is 17.0 Å². The van der Waals surface area contributed by atoms with E-state index in [1.165, 1.54) is 5.56 Å². The number of rotatable bonds is 7. The number of ether oxygens (including phenoxy) is 3. The largest absolute Gasteiger partial charge is 0.493 e. The van der Waals surface area contributed by atoms with E-state index in [0.29, 0.717) is 28.9 Å². The molecular formula is C23H25ClN4O3. The lowest BCUT2D eigenvalue weighted by molar-refractivity contribution is 0.324. The van der Waals surface area contributed by atoms with Crippen molar-refractivity contribution in [1.29, 1.82) is 0 Å². The van der Waals surface area contributed by atoms with Crippen LogP contribution in [0.4, 0.5) is 11.5 Å². The van der Waals surface area contributed by atoms with Gasteiger partial charge in [-0.15, -0.1) is 12.4 Å². The van der Waals surface area contributed by atoms with Crippen molar-refractivity contribution in [2.45, 2.75) is 13.3 Å². The summed E-state index contributed by atoms with van der Waals surface area (Å²) in [6.07, 6.45) is 2.78. The molecule has 162 valence electrons.